The molecule has 1 saturated heterocycles. The Balaban J connectivity index is 2.12. The summed E-state index contributed by atoms with van der Waals surface area (Å²) < 4.78 is 14.1. The van der Waals surface area contributed by atoms with E-state index in [0.717, 1.165) is 0 Å². The van der Waals surface area contributed by atoms with Crippen LogP contribution in [0.4, 0.5) is 9.18 Å². The average Bonchev–Trinajstić information content (AvgIpc) is 2.97. The van der Waals surface area contributed by atoms with Gasteiger partial charge in [-0.05, 0) is 19.4 Å². The molecule has 1 fully saturated rings. The van der Waals surface area contributed by atoms with Crippen LogP contribution in [0.1, 0.15) is 28.4 Å². The van der Waals surface area contributed by atoms with E-state index in [1.54, 1.807) is 11.0 Å². The van der Waals surface area contributed by atoms with Gasteiger partial charge in [0, 0.05) is 28.6 Å². The van der Waals surface area contributed by atoms with E-state index >= 15 is 0 Å². The first-order chi connectivity index (χ1) is 9.54. The quantitative estimate of drug-likeness (QED) is 0.852. The van der Waals surface area contributed by atoms with Gasteiger partial charge in [-0.3, -0.25) is 14.5 Å². The predicted octanol–water partition coefficient (Wildman–Crippen LogP) is 2.80. The van der Waals surface area contributed by atoms with Crippen LogP contribution in [0.15, 0.2) is 12.1 Å². The highest BCUT2D eigenvalue weighted by atomic mass is 32.2. The zero-order valence-electron chi connectivity index (χ0n) is 10.7. The molecule has 3 rings (SSSR count). The van der Waals surface area contributed by atoms with Crippen molar-refractivity contribution in [3.8, 4) is 5.75 Å². The number of thioether (sulfide) groups is 1. The lowest BCUT2D eigenvalue weighted by Crippen LogP contribution is -2.28. The maximum absolute atomic E-state index is 14.1. The first-order valence-corrected chi connectivity index (χ1v) is 7.19. The predicted molar refractivity (Wildman–Crippen MR) is 74.3 cm³/mol. The highest BCUT2D eigenvalue weighted by Crippen LogP contribution is 2.40. The molecule has 0 radical (unpaired) electrons. The number of aldehydes is 1. The van der Waals surface area contributed by atoms with Crippen molar-refractivity contribution in [1.82, 2.24) is 4.90 Å². The Morgan fingerprint density at radius 3 is 2.90 bits per heavy atom. The Hall–Kier alpha value is -1.82. The SMILES string of the molecule is C[C@@H]1CSC(=O)N1C1=CCc2c1cc(C=O)c(O)c2F. The van der Waals surface area contributed by atoms with Crippen LogP contribution < -0.4 is 0 Å². The number of carbonyl (C=O) groups excluding carboxylic acids is 2. The number of amides is 1. The van der Waals surface area contributed by atoms with Gasteiger partial charge in [0.15, 0.2) is 17.9 Å². The number of carbonyl (C=O) groups is 2. The van der Waals surface area contributed by atoms with E-state index < -0.39 is 11.6 Å². The molecule has 4 nitrogen and oxygen atoms in total. The van der Waals surface area contributed by atoms with E-state index in [4.69, 9.17) is 0 Å². The molecule has 1 aliphatic carbocycles. The standard InChI is InChI=1S/C14H12FNO3S/c1-7-6-20-14(19)16(7)11-3-2-9-10(11)4-8(5-17)13(18)12(9)15/h3-5,7,18H,2,6H2,1H3/t7-/m1/s1. The highest BCUT2D eigenvalue weighted by molar-refractivity contribution is 8.13. The van der Waals surface area contributed by atoms with E-state index in [0.29, 0.717) is 35.3 Å². The molecule has 104 valence electrons. The van der Waals surface area contributed by atoms with Crippen molar-refractivity contribution >= 4 is 29.0 Å². The van der Waals surface area contributed by atoms with Crippen LogP contribution in [-0.4, -0.2) is 33.3 Å². The molecule has 6 heteroatoms. The number of phenolic OH excluding ortho intramolecular Hbond substituents is 1. The number of hydrogen-bond donors (Lipinski definition) is 1. The number of halogens is 1. The van der Waals surface area contributed by atoms with Crippen molar-refractivity contribution in [3.63, 3.8) is 0 Å². The lowest BCUT2D eigenvalue weighted by Gasteiger charge is -2.23. The molecule has 1 aromatic carbocycles. The summed E-state index contributed by atoms with van der Waals surface area (Å²) in [6, 6.07) is 1.48. The smallest absolute Gasteiger partial charge is 0.286 e. The van der Waals surface area contributed by atoms with E-state index in [2.05, 4.69) is 0 Å². The molecule has 0 bridgehead atoms. The van der Waals surface area contributed by atoms with Crippen LogP contribution >= 0.6 is 11.8 Å². The van der Waals surface area contributed by atoms with Crippen molar-refractivity contribution < 1.29 is 19.1 Å². The van der Waals surface area contributed by atoms with E-state index in [-0.39, 0.29) is 16.8 Å². The molecule has 1 heterocycles. The second-order valence-electron chi connectivity index (χ2n) is 4.86. The zero-order chi connectivity index (χ0) is 14.4. The third kappa shape index (κ3) is 1.75. The van der Waals surface area contributed by atoms with Crippen molar-refractivity contribution in [2.75, 3.05) is 5.75 Å². The van der Waals surface area contributed by atoms with Gasteiger partial charge in [-0.15, -0.1) is 0 Å². The van der Waals surface area contributed by atoms with E-state index in [9.17, 15) is 19.1 Å². The summed E-state index contributed by atoms with van der Waals surface area (Å²) in [5, 5.41) is 9.53. The number of allylic oxidation sites excluding steroid dienone is 1. The molecule has 1 atom stereocenters. The Labute approximate surface area is 119 Å². The van der Waals surface area contributed by atoms with Gasteiger partial charge in [0.1, 0.15) is 0 Å². The summed E-state index contributed by atoms with van der Waals surface area (Å²) in [7, 11) is 0. The highest BCUT2D eigenvalue weighted by Gasteiger charge is 2.35. The number of rotatable bonds is 2. The Bertz CT molecular complexity index is 656. The van der Waals surface area contributed by atoms with Gasteiger partial charge in [-0.2, -0.15) is 0 Å². The minimum atomic E-state index is -0.775. The molecule has 0 saturated carbocycles. The monoisotopic (exact) mass is 293 g/mol. The van der Waals surface area contributed by atoms with Gasteiger partial charge >= 0.3 is 0 Å². The minimum Gasteiger partial charge on any atom is -0.504 e. The largest absolute Gasteiger partial charge is 0.504 e. The number of benzene rings is 1. The Kier molecular flexibility index (Phi) is 3.05. The van der Waals surface area contributed by atoms with E-state index in [1.165, 1.54) is 17.8 Å². The number of fused-ring (bicyclic) bond motifs is 1. The summed E-state index contributed by atoms with van der Waals surface area (Å²) in [4.78, 5) is 24.5. The molecule has 1 N–H and O–H groups in total. The zero-order valence-corrected chi connectivity index (χ0v) is 11.5. The first kappa shape index (κ1) is 13.2. The summed E-state index contributed by atoms with van der Waals surface area (Å²) in [6.07, 6.45) is 2.49. The number of phenols is 1. The number of hydrogen-bond acceptors (Lipinski definition) is 4. The summed E-state index contributed by atoms with van der Waals surface area (Å²) in [6.45, 7) is 1.92. The second kappa shape index (κ2) is 4.63. The van der Waals surface area contributed by atoms with Gasteiger partial charge in [-0.1, -0.05) is 17.8 Å². The lowest BCUT2D eigenvalue weighted by molar-refractivity contribution is 0.112. The average molecular weight is 293 g/mol. The molecule has 1 aromatic rings. The van der Waals surface area contributed by atoms with Crippen LogP contribution in [0.3, 0.4) is 0 Å². The van der Waals surface area contributed by atoms with Gasteiger partial charge < -0.3 is 5.11 Å². The fourth-order valence-electron chi connectivity index (χ4n) is 2.61. The number of nitrogens with zero attached hydrogens (tertiary/aromatic N) is 1. The van der Waals surface area contributed by atoms with Crippen LogP contribution in [0.5, 0.6) is 5.75 Å². The van der Waals surface area contributed by atoms with Crippen molar-refractivity contribution in [2.24, 2.45) is 0 Å². The molecule has 0 unspecified atom stereocenters. The molecular weight excluding hydrogens is 281 g/mol. The fraction of sp³-hybridized carbons (Fsp3) is 0.286. The molecule has 0 spiro atoms. The summed E-state index contributed by atoms with van der Waals surface area (Å²) >= 11 is 1.23. The third-order valence-corrected chi connectivity index (χ3v) is 4.71. The molecule has 20 heavy (non-hydrogen) atoms. The molecular formula is C14H12FNO3S. The first-order valence-electron chi connectivity index (χ1n) is 6.20. The fourth-order valence-corrected chi connectivity index (χ4v) is 3.56. The van der Waals surface area contributed by atoms with Crippen LogP contribution in [0.2, 0.25) is 0 Å². The maximum Gasteiger partial charge on any atom is 0.286 e. The normalized spacial score (nSPS) is 21.1. The maximum atomic E-state index is 14.1. The van der Waals surface area contributed by atoms with Crippen molar-refractivity contribution in [2.45, 2.75) is 19.4 Å². The van der Waals surface area contributed by atoms with Gasteiger partial charge in [0.05, 0.1) is 5.56 Å². The van der Waals surface area contributed by atoms with Crippen LogP contribution in [0, 0.1) is 5.82 Å². The summed E-state index contributed by atoms with van der Waals surface area (Å²) in [5.74, 6) is -0.710. The van der Waals surface area contributed by atoms with Gasteiger partial charge in [-0.25, -0.2) is 4.39 Å². The van der Waals surface area contributed by atoms with Crippen LogP contribution in [-0.2, 0) is 6.42 Å². The van der Waals surface area contributed by atoms with Crippen molar-refractivity contribution in [1.29, 1.82) is 0 Å². The van der Waals surface area contributed by atoms with Gasteiger partial charge in [0.2, 0.25) is 0 Å². The van der Waals surface area contributed by atoms with Crippen LogP contribution in [0.25, 0.3) is 5.70 Å². The third-order valence-electron chi connectivity index (χ3n) is 3.62. The number of aromatic hydroxyl groups is 1. The molecule has 0 aromatic heterocycles. The van der Waals surface area contributed by atoms with E-state index in [1.807, 2.05) is 6.92 Å². The Morgan fingerprint density at radius 2 is 2.30 bits per heavy atom. The molecule has 2 aliphatic rings. The lowest BCUT2D eigenvalue weighted by atomic mass is 10.0. The van der Waals surface area contributed by atoms with Crippen molar-refractivity contribution in [3.05, 3.63) is 34.6 Å². The summed E-state index contributed by atoms with van der Waals surface area (Å²) in [5.41, 5.74) is 1.38. The minimum absolute atomic E-state index is 0.0289. The Morgan fingerprint density at radius 1 is 1.55 bits per heavy atom. The second-order valence-corrected chi connectivity index (χ2v) is 5.83. The molecule has 1 amide bonds. The topological polar surface area (TPSA) is 57.6 Å². The van der Waals surface area contributed by atoms with Gasteiger partial charge in [0.25, 0.3) is 5.24 Å². The molecule has 1 aliphatic heterocycles.